The van der Waals surface area contributed by atoms with E-state index in [2.05, 4.69) is 4.74 Å². The van der Waals surface area contributed by atoms with Gasteiger partial charge < -0.3 is 4.74 Å². The Bertz CT molecular complexity index is 372. The molecule has 0 saturated heterocycles. The second-order valence-corrected chi connectivity index (χ2v) is 3.05. The summed E-state index contributed by atoms with van der Waals surface area (Å²) < 4.78 is 18.0. The number of rotatable bonds is 3. The lowest BCUT2D eigenvalue weighted by Gasteiger charge is -2.11. The van der Waals surface area contributed by atoms with Crippen LogP contribution in [0.3, 0.4) is 0 Å². The Hall–Kier alpha value is -1.64. The van der Waals surface area contributed by atoms with Crippen LogP contribution < -0.4 is 0 Å². The van der Waals surface area contributed by atoms with Crippen LogP contribution in [0.25, 0.3) is 0 Å². The van der Waals surface area contributed by atoms with E-state index >= 15 is 0 Å². The Labute approximate surface area is 88.4 Å². The fraction of sp³-hybridized carbons (Fsp3) is 0.250. The van der Waals surface area contributed by atoms with E-state index in [1.54, 1.807) is 37.3 Å². The quantitative estimate of drug-likeness (QED) is 0.564. The van der Waals surface area contributed by atoms with E-state index in [9.17, 15) is 9.18 Å². The third-order valence-corrected chi connectivity index (χ3v) is 2.08. The average Bonchev–Trinajstić information content (AvgIpc) is 2.26. The Morgan fingerprint density at radius 1 is 1.47 bits per heavy atom. The molecule has 1 unspecified atom stereocenters. The first-order valence-corrected chi connectivity index (χ1v) is 4.65. The van der Waals surface area contributed by atoms with E-state index < -0.39 is 17.7 Å². The number of hydrogen-bond acceptors (Lipinski definition) is 2. The molecule has 80 valence electrons. The van der Waals surface area contributed by atoms with Crippen LogP contribution in [0.15, 0.2) is 36.4 Å². The summed E-state index contributed by atoms with van der Waals surface area (Å²) in [7, 11) is 1.29. The number of esters is 1. The first-order chi connectivity index (χ1) is 7.20. The van der Waals surface area contributed by atoms with Crippen LogP contribution in [0, 0.1) is 5.82 Å². The normalized spacial score (nSPS) is 12.7. The van der Waals surface area contributed by atoms with Crippen molar-refractivity contribution in [2.24, 2.45) is 0 Å². The third kappa shape index (κ3) is 2.65. The number of benzene rings is 1. The monoisotopic (exact) mass is 208 g/mol. The van der Waals surface area contributed by atoms with Crippen molar-refractivity contribution in [1.29, 1.82) is 0 Å². The van der Waals surface area contributed by atoms with Gasteiger partial charge in [-0.05, 0) is 13.0 Å². The molecule has 0 aliphatic rings. The molecule has 0 radical (unpaired) electrons. The molecule has 0 aliphatic carbocycles. The Balaban J connectivity index is 3.10. The molecule has 0 heterocycles. The maximum atomic E-state index is 13.4. The van der Waals surface area contributed by atoms with Gasteiger partial charge in [-0.25, -0.2) is 4.39 Å². The number of methoxy groups -OCH3 is 1. The number of allylic oxidation sites excluding steroid dienone is 1. The highest BCUT2D eigenvalue weighted by molar-refractivity contribution is 5.80. The number of hydrogen-bond donors (Lipinski definition) is 0. The minimum atomic E-state index is -0.666. The van der Waals surface area contributed by atoms with E-state index in [0.717, 1.165) is 0 Å². The van der Waals surface area contributed by atoms with Crippen molar-refractivity contribution in [2.45, 2.75) is 12.8 Å². The highest BCUT2D eigenvalue weighted by atomic mass is 19.1. The molecule has 0 bridgehead atoms. The summed E-state index contributed by atoms with van der Waals surface area (Å²) in [6.07, 6.45) is 3.32. The van der Waals surface area contributed by atoms with Crippen LogP contribution in [-0.4, -0.2) is 13.1 Å². The SMILES string of the molecule is C/C=C/C(C(=O)OC)c1ccccc1F. The minimum Gasteiger partial charge on any atom is -0.468 e. The summed E-state index contributed by atoms with van der Waals surface area (Å²) in [6.45, 7) is 1.77. The maximum Gasteiger partial charge on any atom is 0.317 e. The molecule has 1 rings (SSSR count). The van der Waals surface area contributed by atoms with Crippen molar-refractivity contribution < 1.29 is 13.9 Å². The zero-order valence-electron chi connectivity index (χ0n) is 8.74. The van der Waals surface area contributed by atoms with Crippen LogP contribution in [-0.2, 0) is 9.53 Å². The van der Waals surface area contributed by atoms with Gasteiger partial charge in [0.15, 0.2) is 0 Å². The second kappa shape index (κ2) is 5.29. The first-order valence-electron chi connectivity index (χ1n) is 4.65. The van der Waals surface area contributed by atoms with Gasteiger partial charge in [0.25, 0.3) is 0 Å². The highest BCUT2D eigenvalue weighted by Crippen LogP contribution is 2.21. The predicted octanol–water partition coefficient (Wildman–Crippen LogP) is 2.66. The van der Waals surface area contributed by atoms with Gasteiger partial charge >= 0.3 is 5.97 Å². The van der Waals surface area contributed by atoms with E-state index in [1.807, 2.05) is 0 Å². The van der Waals surface area contributed by atoms with Crippen LogP contribution in [0.1, 0.15) is 18.4 Å². The second-order valence-electron chi connectivity index (χ2n) is 3.05. The number of carbonyl (C=O) groups is 1. The Morgan fingerprint density at radius 2 is 2.13 bits per heavy atom. The van der Waals surface area contributed by atoms with Crippen LogP contribution in [0.2, 0.25) is 0 Å². The summed E-state index contributed by atoms with van der Waals surface area (Å²) in [5.41, 5.74) is 0.336. The zero-order valence-corrected chi connectivity index (χ0v) is 8.74. The summed E-state index contributed by atoms with van der Waals surface area (Å²) in [6, 6.07) is 6.19. The van der Waals surface area contributed by atoms with E-state index in [-0.39, 0.29) is 0 Å². The topological polar surface area (TPSA) is 26.3 Å². The molecule has 2 nitrogen and oxygen atoms in total. The molecule has 15 heavy (non-hydrogen) atoms. The standard InChI is InChI=1S/C12H13FO2/c1-3-6-10(12(14)15-2)9-7-4-5-8-11(9)13/h3-8,10H,1-2H3/b6-3+. The van der Waals surface area contributed by atoms with Crippen molar-refractivity contribution in [3.63, 3.8) is 0 Å². The molecule has 1 aromatic rings. The molecular formula is C12H13FO2. The number of halogens is 1. The Kier molecular flexibility index (Phi) is 4.03. The van der Waals surface area contributed by atoms with Crippen LogP contribution in [0.4, 0.5) is 4.39 Å². The Morgan fingerprint density at radius 3 is 2.67 bits per heavy atom. The lowest BCUT2D eigenvalue weighted by molar-refractivity contribution is -0.141. The molecule has 0 amide bonds. The molecule has 0 aromatic heterocycles. The molecule has 1 atom stereocenters. The van der Waals surface area contributed by atoms with Crippen molar-refractivity contribution >= 4 is 5.97 Å². The minimum absolute atomic E-state index is 0.336. The summed E-state index contributed by atoms with van der Waals surface area (Å²) in [4.78, 5) is 11.4. The smallest absolute Gasteiger partial charge is 0.317 e. The van der Waals surface area contributed by atoms with E-state index in [1.165, 1.54) is 13.2 Å². The highest BCUT2D eigenvalue weighted by Gasteiger charge is 2.20. The summed E-state index contributed by atoms with van der Waals surface area (Å²) in [5.74, 6) is -1.52. The van der Waals surface area contributed by atoms with Gasteiger partial charge in [0.05, 0.1) is 7.11 Å². The van der Waals surface area contributed by atoms with Crippen molar-refractivity contribution in [3.8, 4) is 0 Å². The lowest BCUT2D eigenvalue weighted by Crippen LogP contribution is -2.13. The molecule has 0 aliphatic heterocycles. The lowest BCUT2D eigenvalue weighted by atomic mass is 9.98. The molecule has 1 aromatic carbocycles. The van der Waals surface area contributed by atoms with Crippen molar-refractivity contribution in [3.05, 3.63) is 47.8 Å². The van der Waals surface area contributed by atoms with Gasteiger partial charge in [0.2, 0.25) is 0 Å². The molecule has 0 N–H and O–H groups in total. The van der Waals surface area contributed by atoms with Gasteiger partial charge in [-0.15, -0.1) is 0 Å². The fourth-order valence-corrected chi connectivity index (χ4v) is 1.36. The van der Waals surface area contributed by atoms with E-state index in [0.29, 0.717) is 5.56 Å². The van der Waals surface area contributed by atoms with Crippen molar-refractivity contribution in [1.82, 2.24) is 0 Å². The van der Waals surface area contributed by atoms with Crippen LogP contribution >= 0.6 is 0 Å². The number of ether oxygens (including phenoxy) is 1. The third-order valence-electron chi connectivity index (χ3n) is 2.08. The van der Waals surface area contributed by atoms with Gasteiger partial charge in [-0.1, -0.05) is 30.4 Å². The first kappa shape index (κ1) is 11.4. The zero-order chi connectivity index (χ0) is 11.3. The molecule has 3 heteroatoms. The summed E-state index contributed by atoms with van der Waals surface area (Å²) in [5, 5.41) is 0. The largest absolute Gasteiger partial charge is 0.468 e. The molecule has 0 saturated carbocycles. The summed E-state index contributed by atoms with van der Waals surface area (Å²) >= 11 is 0. The fourth-order valence-electron chi connectivity index (χ4n) is 1.36. The van der Waals surface area contributed by atoms with Crippen LogP contribution in [0.5, 0.6) is 0 Å². The predicted molar refractivity (Wildman–Crippen MR) is 56.0 cm³/mol. The average molecular weight is 208 g/mol. The number of carbonyl (C=O) groups excluding carboxylic acids is 1. The molecule has 0 spiro atoms. The van der Waals surface area contributed by atoms with E-state index in [4.69, 9.17) is 0 Å². The van der Waals surface area contributed by atoms with Gasteiger partial charge in [-0.3, -0.25) is 4.79 Å². The van der Waals surface area contributed by atoms with Gasteiger partial charge in [0, 0.05) is 5.56 Å². The maximum absolute atomic E-state index is 13.4. The van der Waals surface area contributed by atoms with Gasteiger partial charge in [0.1, 0.15) is 11.7 Å². The van der Waals surface area contributed by atoms with Gasteiger partial charge in [-0.2, -0.15) is 0 Å². The molecular weight excluding hydrogens is 195 g/mol. The van der Waals surface area contributed by atoms with Crippen molar-refractivity contribution in [2.75, 3.05) is 7.11 Å². The molecule has 0 fully saturated rings.